The van der Waals surface area contributed by atoms with E-state index in [-0.39, 0.29) is 11.9 Å². The number of pyridine rings is 1. The molecular formula is C17H17FN2O. The maximum absolute atomic E-state index is 13.4. The van der Waals surface area contributed by atoms with E-state index in [0.717, 1.165) is 27.8 Å². The maximum atomic E-state index is 13.4. The minimum Gasteiger partial charge on any atom is -0.459 e. The van der Waals surface area contributed by atoms with E-state index in [0.29, 0.717) is 5.58 Å². The zero-order valence-corrected chi connectivity index (χ0v) is 12.3. The molecule has 0 amide bonds. The Hall–Kier alpha value is -2.20. The van der Waals surface area contributed by atoms with Gasteiger partial charge in [0.2, 0.25) is 0 Å². The summed E-state index contributed by atoms with van der Waals surface area (Å²) in [4.78, 5) is 4.20. The van der Waals surface area contributed by atoms with Gasteiger partial charge in [-0.15, -0.1) is 0 Å². The Morgan fingerprint density at radius 3 is 2.76 bits per heavy atom. The van der Waals surface area contributed by atoms with Gasteiger partial charge in [-0.05, 0) is 56.3 Å². The lowest BCUT2D eigenvalue weighted by Crippen LogP contribution is -2.19. The van der Waals surface area contributed by atoms with Gasteiger partial charge < -0.3 is 9.73 Å². The summed E-state index contributed by atoms with van der Waals surface area (Å²) in [7, 11) is 1.88. The zero-order chi connectivity index (χ0) is 15.0. The van der Waals surface area contributed by atoms with Crippen LogP contribution in [0.5, 0.6) is 0 Å². The van der Waals surface area contributed by atoms with Gasteiger partial charge in [-0.1, -0.05) is 0 Å². The lowest BCUT2D eigenvalue weighted by atomic mass is 9.99. The normalized spacial score (nSPS) is 12.8. The number of aromatic nitrogens is 1. The first kappa shape index (κ1) is 13.8. The summed E-state index contributed by atoms with van der Waals surface area (Å²) in [6.45, 7) is 4.00. The van der Waals surface area contributed by atoms with Crippen molar-refractivity contribution in [1.82, 2.24) is 10.3 Å². The largest absolute Gasteiger partial charge is 0.459 e. The van der Waals surface area contributed by atoms with Crippen LogP contribution >= 0.6 is 0 Å². The second kappa shape index (κ2) is 5.30. The molecular weight excluding hydrogens is 267 g/mol. The third-order valence-corrected chi connectivity index (χ3v) is 3.88. The minimum absolute atomic E-state index is 0.103. The van der Waals surface area contributed by atoms with Crippen molar-refractivity contribution in [3.63, 3.8) is 0 Å². The lowest BCUT2D eigenvalue weighted by Gasteiger charge is -2.17. The molecule has 0 saturated heterocycles. The Labute approximate surface area is 122 Å². The van der Waals surface area contributed by atoms with Crippen LogP contribution in [0.2, 0.25) is 0 Å². The van der Waals surface area contributed by atoms with Crippen molar-refractivity contribution in [1.29, 1.82) is 0 Å². The van der Waals surface area contributed by atoms with Crippen LogP contribution in [0.4, 0.5) is 4.39 Å². The number of nitrogens with zero attached hydrogens (tertiary/aromatic N) is 1. The fraction of sp³-hybridized carbons (Fsp3) is 0.235. The summed E-state index contributed by atoms with van der Waals surface area (Å²) in [5, 5.41) is 4.08. The first-order chi connectivity index (χ1) is 10.1. The van der Waals surface area contributed by atoms with Gasteiger partial charge in [0.15, 0.2) is 0 Å². The molecule has 2 heterocycles. The van der Waals surface area contributed by atoms with Crippen molar-refractivity contribution in [3.8, 4) is 0 Å². The van der Waals surface area contributed by atoms with Crippen LogP contribution in [0.1, 0.15) is 28.5 Å². The molecule has 3 nitrogen and oxygen atoms in total. The number of aryl methyl sites for hydroxylation is 2. The van der Waals surface area contributed by atoms with Gasteiger partial charge in [0, 0.05) is 23.3 Å². The predicted octanol–water partition coefficient (Wildman–Crippen LogP) is 3.89. The molecule has 0 aliphatic heterocycles. The van der Waals surface area contributed by atoms with Gasteiger partial charge in [0.1, 0.15) is 17.2 Å². The molecule has 0 fully saturated rings. The Morgan fingerprint density at radius 1 is 1.24 bits per heavy atom. The molecule has 1 N–H and O–H groups in total. The van der Waals surface area contributed by atoms with E-state index in [9.17, 15) is 4.39 Å². The molecule has 2 aromatic heterocycles. The van der Waals surface area contributed by atoms with Crippen LogP contribution in [0.25, 0.3) is 11.0 Å². The Balaban J connectivity index is 2.18. The summed E-state index contributed by atoms with van der Waals surface area (Å²) in [5.74, 6) is 0.547. The van der Waals surface area contributed by atoms with E-state index in [1.807, 2.05) is 33.2 Å². The molecule has 108 valence electrons. The second-order valence-electron chi connectivity index (χ2n) is 5.19. The Morgan fingerprint density at radius 2 is 2.05 bits per heavy atom. The van der Waals surface area contributed by atoms with Crippen molar-refractivity contribution in [2.75, 3.05) is 7.05 Å². The van der Waals surface area contributed by atoms with Crippen LogP contribution in [0.15, 0.2) is 41.1 Å². The number of hydrogen-bond donors (Lipinski definition) is 1. The smallest absolute Gasteiger partial charge is 0.134 e. The third kappa shape index (κ3) is 2.32. The van der Waals surface area contributed by atoms with Gasteiger partial charge in [-0.2, -0.15) is 0 Å². The fourth-order valence-electron chi connectivity index (χ4n) is 2.69. The van der Waals surface area contributed by atoms with E-state index >= 15 is 0 Å². The van der Waals surface area contributed by atoms with Gasteiger partial charge >= 0.3 is 0 Å². The number of hydrogen-bond acceptors (Lipinski definition) is 3. The van der Waals surface area contributed by atoms with E-state index in [4.69, 9.17) is 4.42 Å². The molecule has 1 aromatic carbocycles. The summed E-state index contributed by atoms with van der Waals surface area (Å²) < 4.78 is 19.4. The van der Waals surface area contributed by atoms with Gasteiger partial charge in [0.05, 0.1) is 6.04 Å². The highest BCUT2D eigenvalue weighted by Gasteiger charge is 2.22. The molecule has 4 heteroatoms. The van der Waals surface area contributed by atoms with E-state index in [2.05, 4.69) is 10.3 Å². The summed E-state index contributed by atoms with van der Waals surface area (Å²) in [5.41, 5.74) is 3.84. The number of nitrogens with one attached hydrogen (secondary N) is 1. The molecule has 3 aromatic rings. The first-order valence-electron chi connectivity index (χ1n) is 6.88. The topological polar surface area (TPSA) is 38.1 Å². The van der Waals surface area contributed by atoms with Crippen molar-refractivity contribution in [2.24, 2.45) is 0 Å². The lowest BCUT2D eigenvalue weighted by molar-refractivity contribution is 0.486. The highest BCUT2D eigenvalue weighted by atomic mass is 19.1. The standard InChI is InChI=1S/C17H17FN2O/c1-10-6-7-20-9-14(10)16(19-3)17-11(2)13-8-12(18)4-5-15(13)21-17/h4-9,16,19H,1-3H3. The zero-order valence-electron chi connectivity index (χ0n) is 12.3. The van der Waals surface area contributed by atoms with Gasteiger partial charge in [0.25, 0.3) is 0 Å². The molecule has 0 spiro atoms. The van der Waals surface area contributed by atoms with Crippen molar-refractivity contribution in [2.45, 2.75) is 19.9 Å². The molecule has 0 aliphatic carbocycles. The molecule has 0 aliphatic rings. The first-order valence-corrected chi connectivity index (χ1v) is 6.88. The van der Waals surface area contributed by atoms with Gasteiger partial charge in [-0.3, -0.25) is 4.98 Å². The van der Waals surface area contributed by atoms with Crippen molar-refractivity contribution < 1.29 is 8.81 Å². The summed E-state index contributed by atoms with van der Waals surface area (Å²) >= 11 is 0. The van der Waals surface area contributed by atoms with Gasteiger partial charge in [-0.25, -0.2) is 4.39 Å². The Kier molecular flexibility index (Phi) is 3.47. The van der Waals surface area contributed by atoms with Crippen LogP contribution in [-0.2, 0) is 0 Å². The molecule has 1 unspecified atom stereocenters. The number of fused-ring (bicyclic) bond motifs is 1. The summed E-state index contributed by atoms with van der Waals surface area (Å²) in [6.07, 6.45) is 3.61. The average Bonchev–Trinajstić information content (AvgIpc) is 2.79. The highest BCUT2D eigenvalue weighted by molar-refractivity contribution is 5.82. The minimum atomic E-state index is -0.253. The van der Waals surface area contributed by atoms with Crippen molar-refractivity contribution >= 4 is 11.0 Å². The molecule has 3 rings (SSSR count). The van der Waals surface area contributed by atoms with Crippen LogP contribution in [-0.4, -0.2) is 12.0 Å². The number of halogens is 1. The highest BCUT2D eigenvalue weighted by Crippen LogP contribution is 2.33. The van der Waals surface area contributed by atoms with E-state index < -0.39 is 0 Å². The monoisotopic (exact) mass is 284 g/mol. The molecule has 1 atom stereocenters. The molecule has 0 radical (unpaired) electrons. The quantitative estimate of drug-likeness (QED) is 0.793. The second-order valence-corrected chi connectivity index (χ2v) is 5.19. The van der Waals surface area contributed by atoms with Crippen LogP contribution in [0.3, 0.4) is 0 Å². The molecule has 0 saturated carbocycles. The third-order valence-electron chi connectivity index (χ3n) is 3.88. The predicted molar refractivity (Wildman–Crippen MR) is 80.8 cm³/mol. The summed E-state index contributed by atoms with van der Waals surface area (Å²) in [6, 6.07) is 6.47. The van der Waals surface area contributed by atoms with Crippen LogP contribution in [0, 0.1) is 19.7 Å². The average molecular weight is 284 g/mol. The fourth-order valence-corrected chi connectivity index (χ4v) is 2.69. The van der Waals surface area contributed by atoms with Crippen molar-refractivity contribution in [3.05, 3.63) is 64.9 Å². The SMILES string of the molecule is CNC(c1cnccc1C)c1oc2ccc(F)cc2c1C. The number of furan rings is 1. The maximum Gasteiger partial charge on any atom is 0.134 e. The number of rotatable bonds is 3. The van der Waals surface area contributed by atoms with E-state index in [1.54, 1.807) is 12.3 Å². The van der Waals surface area contributed by atoms with Crippen LogP contribution < -0.4 is 5.32 Å². The number of benzene rings is 1. The molecule has 0 bridgehead atoms. The molecule has 21 heavy (non-hydrogen) atoms. The Bertz CT molecular complexity index is 795. The van der Waals surface area contributed by atoms with E-state index in [1.165, 1.54) is 12.1 Å².